The standard InChI is InChI=1S/C12H11O2/c1-2-3-11(13)10-5-4-9-6-7-14-12(9)8-10/h3-8H,2H2,1H3. The third kappa shape index (κ3) is 1.55. The Morgan fingerprint density at radius 1 is 1.43 bits per heavy atom. The number of fused-ring (bicyclic) bond motifs is 1. The second-order valence-corrected chi connectivity index (χ2v) is 3.15. The minimum absolute atomic E-state index is 0.0609. The van der Waals surface area contributed by atoms with E-state index in [0.717, 1.165) is 17.4 Å². The summed E-state index contributed by atoms with van der Waals surface area (Å²) in [6, 6.07) is 7.39. The van der Waals surface area contributed by atoms with Gasteiger partial charge in [-0.25, -0.2) is 0 Å². The second kappa shape index (κ2) is 3.66. The number of hydrogen-bond acceptors (Lipinski definition) is 2. The Balaban J connectivity index is 2.38. The molecule has 71 valence electrons. The lowest BCUT2D eigenvalue weighted by molar-refractivity contribution is 0.102. The first kappa shape index (κ1) is 9.00. The summed E-state index contributed by atoms with van der Waals surface area (Å²) in [5, 5.41) is 1.03. The number of hydrogen-bond donors (Lipinski definition) is 0. The van der Waals surface area contributed by atoms with Crippen molar-refractivity contribution in [2.24, 2.45) is 0 Å². The minimum atomic E-state index is 0.0609. The van der Waals surface area contributed by atoms with E-state index in [1.807, 2.05) is 25.1 Å². The van der Waals surface area contributed by atoms with Gasteiger partial charge in [-0.1, -0.05) is 19.1 Å². The van der Waals surface area contributed by atoms with Crippen LogP contribution >= 0.6 is 0 Å². The Kier molecular flexibility index (Phi) is 2.35. The van der Waals surface area contributed by atoms with Crippen molar-refractivity contribution in [3.63, 3.8) is 0 Å². The molecular weight excluding hydrogens is 176 g/mol. The van der Waals surface area contributed by atoms with E-state index in [9.17, 15) is 4.79 Å². The molecule has 0 aliphatic heterocycles. The Morgan fingerprint density at radius 2 is 2.29 bits per heavy atom. The first-order chi connectivity index (χ1) is 6.81. The van der Waals surface area contributed by atoms with Gasteiger partial charge >= 0.3 is 0 Å². The summed E-state index contributed by atoms with van der Waals surface area (Å²) < 4.78 is 5.22. The molecule has 2 aromatic rings. The zero-order valence-electron chi connectivity index (χ0n) is 7.99. The van der Waals surface area contributed by atoms with Crippen molar-refractivity contribution in [1.29, 1.82) is 0 Å². The molecule has 0 amide bonds. The molecule has 0 saturated carbocycles. The van der Waals surface area contributed by atoms with Crippen molar-refractivity contribution in [2.75, 3.05) is 0 Å². The van der Waals surface area contributed by atoms with Crippen LogP contribution in [0.5, 0.6) is 0 Å². The molecule has 2 heteroatoms. The van der Waals surface area contributed by atoms with Crippen LogP contribution in [0.4, 0.5) is 0 Å². The zero-order valence-corrected chi connectivity index (χ0v) is 7.99. The third-order valence-electron chi connectivity index (χ3n) is 2.13. The van der Waals surface area contributed by atoms with Crippen LogP contribution in [0.2, 0.25) is 0 Å². The summed E-state index contributed by atoms with van der Waals surface area (Å²) in [4.78, 5) is 11.5. The van der Waals surface area contributed by atoms with Gasteiger partial charge in [0.05, 0.1) is 6.26 Å². The molecule has 0 atom stereocenters. The van der Waals surface area contributed by atoms with Crippen molar-refractivity contribution in [1.82, 2.24) is 0 Å². The van der Waals surface area contributed by atoms with Gasteiger partial charge in [-0.05, 0) is 18.6 Å². The number of carbonyl (C=O) groups excluding carboxylic acids is 1. The Labute approximate surface area is 82.5 Å². The van der Waals surface area contributed by atoms with Crippen LogP contribution < -0.4 is 0 Å². The number of ketones is 1. The van der Waals surface area contributed by atoms with Crippen LogP contribution in [0, 0.1) is 6.42 Å². The van der Waals surface area contributed by atoms with Crippen molar-refractivity contribution in [3.8, 4) is 0 Å². The van der Waals surface area contributed by atoms with E-state index in [-0.39, 0.29) is 5.78 Å². The van der Waals surface area contributed by atoms with Crippen molar-refractivity contribution in [3.05, 3.63) is 42.5 Å². The number of carbonyl (C=O) groups is 1. The molecule has 14 heavy (non-hydrogen) atoms. The van der Waals surface area contributed by atoms with Crippen LogP contribution in [0.3, 0.4) is 0 Å². The van der Waals surface area contributed by atoms with Crippen molar-refractivity contribution in [2.45, 2.75) is 13.3 Å². The van der Waals surface area contributed by atoms with Gasteiger partial charge in [-0.3, -0.25) is 4.79 Å². The number of furan rings is 1. The van der Waals surface area contributed by atoms with Crippen LogP contribution in [0.25, 0.3) is 11.0 Å². The Bertz CT molecular complexity index is 454. The lowest BCUT2D eigenvalue weighted by Crippen LogP contribution is -1.97. The van der Waals surface area contributed by atoms with Crippen LogP contribution in [-0.4, -0.2) is 5.78 Å². The molecule has 0 fully saturated rings. The predicted molar refractivity (Wildman–Crippen MR) is 55.1 cm³/mol. The maximum Gasteiger partial charge on any atom is 0.166 e. The molecule has 2 nitrogen and oxygen atoms in total. The van der Waals surface area contributed by atoms with E-state index >= 15 is 0 Å². The molecule has 1 radical (unpaired) electrons. The van der Waals surface area contributed by atoms with Gasteiger partial charge < -0.3 is 4.42 Å². The SMILES string of the molecule is CC[CH]C(=O)c1ccc2ccoc2c1. The molecule has 1 aromatic heterocycles. The number of Topliss-reactive ketones (excluding diaryl/α,β-unsaturated/α-hetero) is 1. The lowest BCUT2D eigenvalue weighted by Gasteiger charge is -1.97. The van der Waals surface area contributed by atoms with Gasteiger partial charge in [-0.2, -0.15) is 0 Å². The number of benzene rings is 1. The van der Waals surface area contributed by atoms with E-state index in [4.69, 9.17) is 4.42 Å². The van der Waals surface area contributed by atoms with E-state index in [1.54, 1.807) is 18.8 Å². The molecule has 0 spiro atoms. The average molecular weight is 187 g/mol. The molecular formula is C12H11O2. The third-order valence-corrected chi connectivity index (χ3v) is 2.13. The zero-order chi connectivity index (χ0) is 9.97. The van der Waals surface area contributed by atoms with E-state index in [0.29, 0.717) is 5.56 Å². The van der Waals surface area contributed by atoms with Gasteiger partial charge in [-0.15, -0.1) is 0 Å². The van der Waals surface area contributed by atoms with Crippen LogP contribution in [0.15, 0.2) is 34.9 Å². The topological polar surface area (TPSA) is 30.2 Å². The highest BCUT2D eigenvalue weighted by atomic mass is 16.3. The smallest absolute Gasteiger partial charge is 0.166 e. The highest BCUT2D eigenvalue weighted by molar-refractivity contribution is 6.04. The quantitative estimate of drug-likeness (QED) is 0.690. The Hall–Kier alpha value is -1.57. The summed E-state index contributed by atoms with van der Waals surface area (Å²) in [7, 11) is 0. The highest BCUT2D eigenvalue weighted by Crippen LogP contribution is 2.17. The second-order valence-electron chi connectivity index (χ2n) is 3.15. The van der Waals surface area contributed by atoms with Gasteiger partial charge in [0.25, 0.3) is 0 Å². The van der Waals surface area contributed by atoms with Gasteiger partial charge in [0.1, 0.15) is 5.58 Å². The van der Waals surface area contributed by atoms with Crippen LogP contribution in [-0.2, 0) is 0 Å². The fourth-order valence-electron chi connectivity index (χ4n) is 1.41. The summed E-state index contributed by atoms with van der Waals surface area (Å²) >= 11 is 0. The fourth-order valence-corrected chi connectivity index (χ4v) is 1.41. The summed E-state index contributed by atoms with van der Waals surface area (Å²) in [6.45, 7) is 1.95. The molecule has 0 saturated heterocycles. The minimum Gasteiger partial charge on any atom is -0.464 e. The summed E-state index contributed by atoms with van der Waals surface area (Å²) in [5.41, 5.74) is 1.45. The number of rotatable bonds is 3. The van der Waals surface area contributed by atoms with Gasteiger partial charge in [0, 0.05) is 17.4 Å². The average Bonchev–Trinajstić information content (AvgIpc) is 2.64. The highest BCUT2D eigenvalue weighted by Gasteiger charge is 2.06. The molecule has 2 rings (SSSR count). The molecule has 0 unspecified atom stereocenters. The summed E-state index contributed by atoms with van der Waals surface area (Å²) in [5.74, 6) is 0.0609. The van der Waals surface area contributed by atoms with Crippen molar-refractivity contribution < 1.29 is 9.21 Å². The van der Waals surface area contributed by atoms with Gasteiger partial charge in [0.2, 0.25) is 0 Å². The lowest BCUT2D eigenvalue weighted by atomic mass is 10.1. The fraction of sp³-hybridized carbons (Fsp3) is 0.167. The Morgan fingerprint density at radius 3 is 3.07 bits per heavy atom. The molecule has 1 heterocycles. The van der Waals surface area contributed by atoms with Crippen LogP contribution in [0.1, 0.15) is 23.7 Å². The van der Waals surface area contributed by atoms with Crippen molar-refractivity contribution >= 4 is 16.8 Å². The van der Waals surface area contributed by atoms with E-state index in [2.05, 4.69) is 0 Å². The molecule has 0 aliphatic rings. The maximum atomic E-state index is 11.5. The van der Waals surface area contributed by atoms with E-state index < -0.39 is 0 Å². The first-order valence-electron chi connectivity index (χ1n) is 4.66. The predicted octanol–water partition coefficient (Wildman–Crippen LogP) is 3.23. The van der Waals surface area contributed by atoms with Gasteiger partial charge in [0.15, 0.2) is 5.78 Å². The molecule has 0 aliphatic carbocycles. The largest absolute Gasteiger partial charge is 0.464 e. The van der Waals surface area contributed by atoms with E-state index in [1.165, 1.54) is 0 Å². The summed E-state index contributed by atoms with van der Waals surface area (Å²) in [6.07, 6.45) is 4.06. The molecule has 1 aromatic carbocycles. The molecule has 0 N–H and O–H groups in total. The normalized spacial score (nSPS) is 10.6. The molecule has 0 bridgehead atoms. The maximum absolute atomic E-state index is 11.5. The first-order valence-corrected chi connectivity index (χ1v) is 4.66. The monoisotopic (exact) mass is 187 g/mol.